The molecule has 0 unspecified atom stereocenters. The Morgan fingerprint density at radius 3 is 2.46 bits per heavy atom. The van der Waals surface area contributed by atoms with Crippen LogP contribution in [0.1, 0.15) is 15.9 Å². The highest BCUT2D eigenvalue weighted by Crippen LogP contribution is 2.32. The van der Waals surface area contributed by atoms with Gasteiger partial charge in [0.15, 0.2) is 0 Å². The number of thioether (sulfide) groups is 1. The summed E-state index contributed by atoms with van der Waals surface area (Å²) < 4.78 is 7.26. The largest absolute Gasteiger partial charge is 0.423 e. The van der Waals surface area contributed by atoms with E-state index >= 15 is 0 Å². The standard InChI is InChI=1S/C25H16I2N2O5S/c26-16-8-10-17(11-9-16)28-22(30)14-29-23(31)21(35-25(29)33)13-15-4-3-5-18(12-15)34-24(32)19-6-1-2-7-20(19)27/h1-13H,14H2,(H,28,30)/b21-13-. The lowest BCUT2D eigenvalue weighted by Crippen LogP contribution is -2.36. The third kappa shape index (κ3) is 6.49. The van der Waals surface area contributed by atoms with Crippen LogP contribution in [0.2, 0.25) is 0 Å². The molecule has 0 atom stereocenters. The molecule has 35 heavy (non-hydrogen) atoms. The minimum Gasteiger partial charge on any atom is -0.423 e. The highest BCUT2D eigenvalue weighted by Gasteiger charge is 2.36. The predicted octanol–water partition coefficient (Wildman–Crippen LogP) is 5.79. The number of hydrogen-bond donors (Lipinski definition) is 1. The fourth-order valence-corrected chi connectivity index (χ4v) is 4.93. The molecule has 0 radical (unpaired) electrons. The fraction of sp³-hybridized carbons (Fsp3) is 0.0400. The van der Waals surface area contributed by atoms with Crippen molar-refractivity contribution in [2.24, 2.45) is 0 Å². The summed E-state index contributed by atoms with van der Waals surface area (Å²) in [6.45, 7) is -0.388. The molecule has 1 heterocycles. The van der Waals surface area contributed by atoms with E-state index in [1.54, 1.807) is 48.5 Å². The van der Waals surface area contributed by atoms with E-state index < -0.39 is 23.0 Å². The second-order valence-corrected chi connectivity index (χ2v) is 10.7. The summed E-state index contributed by atoms with van der Waals surface area (Å²) in [6, 6.07) is 20.9. The second-order valence-electron chi connectivity index (χ2n) is 7.26. The van der Waals surface area contributed by atoms with Crippen LogP contribution in [-0.4, -0.2) is 34.5 Å². The third-order valence-corrected chi connectivity index (χ3v) is 7.33. The van der Waals surface area contributed by atoms with E-state index in [0.29, 0.717) is 22.6 Å². The molecular weight excluding hydrogens is 694 g/mol. The molecule has 4 rings (SSSR count). The molecule has 0 saturated carbocycles. The number of imide groups is 1. The number of rotatable bonds is 6. The minimum absolute atomic E-state index is 0.179. The van der Waals surface area contributed by atoms with Crippen molar-refractivity contribution in [2.75, 3.05) is 11.9 Å². The van der Waals surface area contributed by atoms with Gasteiger partial charge in [-0.15, -0.1) is 0 Å². The second kappa shape index (κ2) is 11.4. The zero-order valence-electron chi connectivity index (χ0n) is 17.9. The first-order valence-electron chi connectivity index (χ1n) is 10.2. The molecule has 7 nitrogen and oxygen atoms in total. The van der Waals surface area contributed by atoms with Crippen molar-refractivity contribution in [3.8, 4) is 5.75 Å². The van der Waals surface area contributed by atoms with Crippen LogP contribution in [0.4, 0.5) is 10.5 Å². The van der Waals surface area contributed by atoms with Crippen molar-refractivity contribution < 1.29 is 23.9 Å². The van der Waals surface area contributed by atoms with Gasteiger partial charge in [-0.25, -0.2) is 4.79 Å². The normalized spacial score (nSPS) is 14.3. The molecule has 10 heteroatoms. The lowest BCUT2D eigenvalue weighted by molar-refractivity contribution is -0.127. The number of hydrogen-bond acceptors (Lipinski definition) is 6. The molecule has 3 aromatic carbocycles. The molecule has 1 aliphatic rings. The molecule has 3 aromatic rings. The summed E-state index contributed by atoms with van der Waals surface area (Å²) in [5.74, 6) is -1.22. The van der Waals surface area contributed by atoms with Crippen molar-refractivity contribution >= 4 is 91.7 Å². The van der Waals surface area contributed by atoms with Crippen LogP contribution >= 0.6 is 56.9 Å². The average molecular weight is 710 g/mol. The van der Waals surface area contributed by atoms with E-state index in [2.05, 4.69) is 50.5 Å². The Kier molecular flexibility index (Phi) is 8.23. The number of benzene rings is 3. The van der Waals surface area contributed by atoms with E-state index in [0.717, 1.165) is 23.8 Å². The fourth-order valence-electron chi connectivity index (χ4n) is 3.12. The number of halogens is 2. The lowest BCUT2D eigenvalue weighted by atomic mass is 10.2. The van der Waals surface area contributed by atoms with Crippen molar-refractivity contribution in [3.05, 3.63) is 96.0 Å². The van der Waals surface area contributed by atoms with Gasteiger partial charge in [-0.2, -0.15) is 0 Å². The minimum atomic E-state index is -0.556. The van der Waals surface area contributed by atoms with Gasteiger partial charge in [0.25, 0.3) is 11.1 Å². The molecule has 0 aromatic heterocycles. The van der Waals surface area contributed by atoms with Gasteiger partial charge >= 0.3 is 5.97 Å². The SMILES string of the molecule is O=C(CN1C(=O)S/C(=C\c2cccc(OC(=O)c3ccccc3I)c2)C1=O)Nc1ccc(I)cc1. The Bertz CT molecular complexity index is 1360. The highest BCUT2D eigenvalue weighted by molar-refractivity contribution is 14.1. The number of nitrogens with one attached hydrogen (secondary N) is 1. The molecule has 0 bridgehead atoms. The van der Waals surface area contributed by atoms with Gasteiger partial charge in [0.1, 0.15) is 12.3 Å². The van der Waals surface area contributed by atoms with Crippen LogP contribution in [0.25, 0.3) is 6.08 Å². The van der Waals surface area contributed by atoms with Gasteiger partial charge in [-0.05, 0) is 117 Å². The Morgan fingerprint density at radius 2 is 1.71 bits per heavy atom. The highest BCUT2D eigenvalue weighted by atomic mass is 127. The number of amides is 3. The maximum absolute atomic E-state index is 12.8. The Balaban J connectivity index is 1.43. The molecule has 1 N–H and O–H groups in total. The van der Waals surface area contributed by atoms with Crippen LogP contribution in [0.5, 0.6) is 5.75 Å². The van der Waals surface area contributed by atoms with E-state index in [-0.39, 0.29) is 11.4 Å². The quantitative estimate of drug-likeness (QED) is 0.151. The van der Waals surface area contributed by atoms with Crippen LogP contribution in [0.15, 0.2) is 77.7 Å². The van der Waals surface area contributed by atoms with Gasteiger partial charge in [0.2, 0.25) is 5.91 Å². The van der Waals surface area contributed by atoms with Crippen molar-refractivity contribution in [1.29, 1.82) is 0 Å². The van der Waals surface area contributed by atoms with Crippen LogP contribution in [0, 0.1) is 7.14 Å². The first-order valence-corrected chi connectivity index (χ1v) is 13.1. The zero-order valence-corrected chi connectivity index (χ0v) is 23.0. The maximum Gasteiger partial charge on any atom is 0.344 e. The van der Waals surface area contributed by atoms with Gasteiger partial charge in [-0.3, -0.25) is 19.3 Å². The van der Waals surface area contributed by atoms with Crippen molar-refractivity contribution in [2.45, 2.75) is 0 Å². The number of carbonyl (C=O) groups is 4. The molecule has 0 spiro atoms. The summed E-state index contributed by atoms with van der Waals surface area (Å²) in [5, 5.41) is 2.15. The number of ether oxygens (including phenoxy) is 1. The molecule has 1 saturated heterocycles. The van der Waals surface area contributed by atoms with Crippen LogP contribution in [-0.2, 0) is 9.59 Å². The predicted molar refractivity (Wildman–Crippen MR) is 151 cm³/mol. The Labute approximate surface area is 232 Å². The van der Waals surface area contributed by atoms with Gasteiger partial charge in [0.05, 0.1) is 10.5 Å². The molecule has 3 amide bonds. The van der Waals surface area contributed by atoms with Crippen molar-refractivity contribution in [1.82, 2.24) is 4.90 Å². The summed E-state index contributed by atoms with van der Waals surface area (Å²) in [7, 11) is 0. The van der Waals surface area contributed by atoms with Crippen molar-refractivity contribution in [3.63, 3.8) is 0 Å². The zero-order chi connectivity index (χ0) is 24.9. The van der Waals surface area contributed by atoms with E-state index in [4.69, 9.17) is 4.74 Å². The third-order valence-electron chi connectivity index (χ3n) is 4.76. The molecule has 0 aliphatic carbocycles. The number of esters is 1. The van der Waals surface area contributed by atoms with E-state index in [9.17, 15) is 19.2 Å². The maximum atomic E-state index is 12.8. The van der Waals surface area contributed by atoms with Crippen LogP contribution in [0.3, 0.4) is 0 Å². The van der Waals surface area contributed by atoms with Gasteiger partial charge in [-0.1, -0.05) is 24.3 Å². The van der Waals surface area contributed by atoms with E-state index in [1.807, 2.05) is 24.3 Å². The Morgan fingerprint density at radius 1 is 0.971 bits per heavy atom. The number of nitrogens with zero attached hydrogens (tertiary/aromatic N) is 1. The van der Waals surface area contributed by atoms with E-state index in [1.165, 1.54) is 6.08 Å². The number of carbonyl (C=O) groups excluding carboxylic acids is 4. The summed E-state index contributed by atoms with van der Waals surface area (Å²) in [5.41, 5.74) is 1.60. The topological polar surface area (TPSA) is 92.8 Å². The Hall–Kier alpha value is -2.71. The first kappa shape index (κ1) is 25.4. The van der Waals surface area contributed by atoms with Gasteiger partial charge in [0, 0.05) is 12.8 Å². The lowest BCUT2D eigenvalue weighted by Gasteiger charge is -2.12. The van der Waals surface area contributed by atoms with Crippen LogP contribution < -0.4 is 10.1 Å². The first-order chi connectivity index (χ1) is 16.8. The molecule has 1 aliphatic heterocycles. The molecule has 1 fully saturated rings. The average Bonchev–Trinajstić information content (AvgIpc) is 3.08. The summed E-state index contributed by atoms with van der Waals surface area (Å²) >= 11 is 4.97. The number of anilines is 1. The van der Waals surface area contributed by atoms with Gasteiger partial charge < -0.3 is 10.1 Å². The molecule has 176 valence electrons. The summed E-state index contributed by atoms with van der Waals surface area (Å²) in [4.78, 5) is 51.1. The monoisotopic (exact) mass is 710 g/mol. The smallest absolute Gasteiger partial charge is 0.344 e. The molecular formula is C25H16I2N2O5S. The summed E-state index contributed by atoms with van der Waals surface area (Å²) in [6.07, 6.45) is 1.53.